The second-order valence-electron chi connectivity index (χ2n) is 6.68. The maximum absolute atomic E-state index is 12.2. The Balaban J connectivity index is 1.50. The largest absolute Gasteiger partial charge is 0.356 e. The fourth-order valence-electron chi connectivity index (χ4n) is 2.87. The molecule has 0 saturated carbocycles. The van der Waals surface area contributed by atoms with E-state index < -0.39 is 0 Å². The molecule has 1 aliphatic heterocycles. The molecule has 1 saturated heterocycles. The average molecular weight is 339 g/mol. The molecule has 0 unspecified atom stereocenters. The number of nitrogens with zero attached hydrogens (tertiary/aromatic N) is 4. The van der Waals surface area contributed by atoms with Crippen molar-refractivity contribution in [2.75, 3.05) is 45.2 Å². The molecule has 1 fully saturated rings. The standard InChI is InChI=1S/C19H25N5O/c1-23(2)10-6-9-20-19(25)16-12-24(13-16)18-11-17(21-14-22-18)15-7-4-3-5-8-15/h3-5,7-8,11,14,16H,6,9-10,12-13H2,1-2H3,(H,20,25). The second-order valence-corrected chi connectivity index (χ2v) is 6.68. The van der Waals surface area contributed by atoms with Gasteiger partial charge in [-0.1, -0.05) is 30.3 Å². The van der Waals surface area contributed by atoms with Gasteiger partial charge in [-0.2, -0.15) is 0 Å². The Labute approximate surface area is 148 Å². The van der Waals surface area contributed by atoms with Crippen molar-refractivity contribution in [2.24, 2.45) is 5.92 Å². The lowest BCUT2D eigenvalue weighted by molar-refractivity contribution is -0.125. The van der Waals surface area contributed by atoms with Crippen molar-refractivity contribution >= 4 is 11.7 Å². The van der Waals surface area contributed by atoms with Gasteiger partial charge in [0.1, 0.15) is 12.1 Å². The Morgan fingerprint density at radius 1 is 1.24 bits per heavy atom. The molecule has 6 heteroatoms. The van der Waals surface area contributed by atoms with Crippen molar-refractivity contribution in [1.82, 2.24) is 20.2 Å². The fraction of sp³-hybridized carbons (Fsp3) is 0.421. The third-order valence-electron chi connectivity index (χ3n) is 4.38. The van der Waals surface area contributed by atoms with Crippen molar-refractivity contribution < 1.29 is 4.79 Å². The zero-order valence-electron chi connectivity index (χ0n) is 14.9. The van der Waals surface area contributed by atoms with Gasteiger partial charge >= 0.3 is 0 Å². The van der Waals surface area contributed by atoms with Crippen LogP contribution in [0.25, 0.3) is 11.3 Å². The Bertz CT molecular complexity index is 698. The van der Waals surface area contributed by atoms with Gasteiger partial charge in [0, 0.05) is 31.3 Å². The quantitative estimate of drug-likeness (QED) is 0.777. The van der Waals surface area contributed by atoms with E-state index in [2.05, 4.69) is 25.1 Å². The zero-order chi connectivity index (χ0) is 17.6. The first-order valence-electron chi connectivity index (χ1n) is 8.68. The molecule has 0 aliphatic carbocycles. The van der Waals surface area contributed by atoms with Crippen LogP contribution in [0.4, 0.5) is 5.82 Å². The first kappa shape index (κ1) is 17.4. The van der Waals surface area contributed by atoms with E-state index in [1.54, 1.807) is 6.33 Å². The third-order valence-corrected chi connectivity index (χ3v) is 4.38. The van der Waals surface area contributed by atoms with E-state index in [-0.39, 0.29) is 11.8 Å². The summed E-state index contributed by atoms with van der Waals surface area (Å²) in [7, 11) is 4.08. The van der Waals surface area contributed by atoms with E-state index in [1.807, 2.05) is 50.5 Å². The Hall–Kier alpha value is -2.47. The number of amides is 1. The zero-order valence-corrected chi connectivity index (χ0v) is 14.9. The summed E-state index contributed by atoms with van der Waals surface area (Å²) >= 11 is 0. The van der Waals surface area contributed by atoms with Crippen molar-refractivity contribution in [2.45, 2.75) is 6.42 Å². The number of nitrogens with one attached hydrogen (secondary N) is 1. The van der Waals surface area contributed by atoms with Crippen LogP contribution in [0, 0.1) is 5.92 Å². The predicted molar refractivity (Wildman–Crippen MR) is 99.4 cm³/mol. The topological polar surface area (TPSA) is 61.4 Å². The molecule has 1 amide bonds. The minimum atomic E-state index is 0.0505. The van der Waals surface area contributed by atoms with Gasteiger partial charge in [-0.3, -0.25) is 4.79 Å². The van der Waals surface area contributed by atoms with Crippen molar-refractivity contribution in [3.63, 3.8) is 0 Å². The van der Waals surface area contributed by atoms with Crippen LogP contribution in [0.1, 0.15) is 6.42 Å². The summed E-state index contributed by atoms with van der Waals surface area (Å²) in [5.74, 6) is 1.08. The molecule has 0 spiro atoms. The van der Waals surface area contributed by atoms with Crippen LogP contribution in [-0.2, 0) is 4.79 Å². The third kappa shape index (κ3) is 4.54. The van der Waals surface area contributed by atoms with Gasteiger partial charge in [0.05, 0.1) is 11.6 Å². The molecule has 2 aromatic rings. The normalized spacial score (nSPS) is 14.4. The van der Waals surface area contributed by atoms with Crippen LogP contribution in [0.5, 0.6) is 0 Å². The summed E-state index contributed by atoms with van der Waals surface area (Å²) in [6, 6.07) is 12.0. The van der Waals surface area contributed by atoms with Crippen LogP contribution in [0.2, 0.25) is 0 Å². The lowest BCUT2D eigenvalue weighted by atomic mass is 9.99. The second kappa shape index (κ2) is 8.07. The molecule has 132 valence electrons. The lowest BCUT2D eigenvalue weighted by Gasteiger charge is -2.39. The van der Waals surface area contributed by atoms with Gasteiger partial charge in [-0.05, 0) is 27.1 Å². The highest BCUT2D eigenvalue weighted by atomic mass is 16.2. The lowest BCUT2D eigenvalue weighted by Crippen LogP contribution is -2.54. The number of benzene rings is 1. The van der Waals surface area contributed by atoms with Gasteiger partial charge in [0.25, 0.3) is 0 Å². The number of anilines is 1. The van der Waals surface area contributed by atoms with Crippen LogP contribution < -0.4 is 10.2 Å². The molecule has 3 rings (SSSR count). The summed E-state index contributed by atoms with van der Waals surface area (Å²) < 4.78 is 0. The van der Waals surface area contributed by atoms with Crippen molar-refractivity contribution in [3.05, 3.63) is 42.7 Å². The van der Waals surface area contributed by atoms with Gasteiger partial charge < -0.3 is 15.1 Å². The summed E-state index contributed by atoms with van der Waals surface area (Å²) in [6.07, 6.45) is 2.56. The molecule has 1 aromatic heterocycles. The maximum Gasteiger partial charge on any atom is 0.226 e. The van der Waals surface area contributed by atoms with Gasteiger partial charge in [-0.15, -0.1) is 0 Å². The van der Waals surface area contributed by atoms with E-state index >= 15 is 0 Å². The number of hydrogen-bond donors (Lipinski definition) is 1. The van der Waals surface area contributed by atoms with E-state index in [1.165, 1.54) is 0 Å². The first-order chi connectivity index (χ1) is 12.1. The molecule has 25 heavy (non-hydrogen) atoms. The molecule has 1 aromatic carbocycles. The highest BCUT2D eigenvalue weighted by Crippen LogP contribution is 2.26. The number of rotatable bonds is 7. The van der Waals surface area contributed by atoms with Crippen LogP contribution in [0.15, 0.2) is 42.7 Å². The van der Waals surface area contributed by atoms with Gasteiger partial charge in [0.2, 0.25) is 5.91 Å². The molecular formula is C19H25N5O. The highest BCUT2D eigenvalue weighted by molar-refractivity contribution is 5.81. The van der Waals surface area contributed by atoms with Crippen LogP contribution in [-0.4, -0.2) is 61.0 Å². The maximum atomic E-state index is 12.2. The van der Waals surface area contributed by atoms with E-state index in [4.69, 9.17) is 0 Å². The smallest absolute Gasteiger partial charge is 0.226 e. The Morgan fingerprint density at radius 2 is 2.00 bits per heavy atom. The highest BCUT2D eigenvalue weighted by Gasteiger charge is 2.33. The number of hydrogen-bond acceptors (Lipinski definition) is 5. The Kier molecular flexibility index (Phi) is 5.60. The number of carbonyl (C=O) groups is 1. The fourth-order valence-corrected chi connectivity index (χ4v) is 2.87. The number of aromatic nitrogens is 2. The molecule has 1 aliphatic rings. The summed E-state index contributed by atoms with van der Waals surface area (Å²) in [4.78, 5) is 25.1. The molecule has 0 radical (unpaired) electrons. The molecule has 0 bridgehead atoms. The minimum absolute atomic E-state index is 0.0505. The van der Waals surface area contributed by atoms with Crippen molar-refractivity contribution in [1.29, 1.82) is 0 Å². The predicted octanol–water partition coefficient (Wildman–Crippen LogP) is 1.65. The van der Waals surface area contributed by atoms with Crippen LogP contribution >= 0.6 is 0 Å². The summed E-state index contributed by atoms with van der Waals surface area (Å²) in [5, 5.41) is 3.02. The summed E-state index contributed by atoms with van der Waals surface area (Å²) in [6.45, 7) is 3.15. The molecule has 1 N–H and O–H groups in total. The minimum Gasteiger partial charge on any atom is -0.356 e. The Morgan fingerprint density at radius 3 is 2.72 bits per heavy atom. The van der Waals surface area contributed by atoms with Gasteiger partial charge in [0.15, 0.2) is 0 Å². The van der Waals surface area contributed by atoms with Crippen molar-refractivity contribution in [3.8, 4) is 11.3 Å². The first-order valence-corrected chi connectivity index (χ1v) is 8.68. The molecule has 0 atom stereocenters. The summed E-state index contributed by atoms with van der Waals surface area (Å²) in [5.41, 5.74) is 1.98. The average Bonchev–Trinajstić information content (AvgIpc) is 2.58. The molecule has 2 heterocycles. The van der Waals surface area contributed by atoms with E-state index in [9.17, 15) is 4.79 Å². The molecular weight excluding hydrogens is 314 g/mol. The van der Waals surface area contributed by atoms with Gasteiger partial charge in [-0.25, -0.2) is 9.97 Å². The number of carbonyl (C=O) groups excluding carboxylic acids is 1. The molecule has 6 nitrogen and oxygen atoms in total. The van der Waals surface area contributed by atoms with Crippen LogP contribution in [0.3, 0.4) is 0 Å². The van der Waals surface area contributed by atoms with E-state index in [0.29, 0.717) is 13.1 Å². The SMILES string of the molecule is CN(C)CCCNC(=O)C1CN(c2cc(-c3ccccc3)ncn2)C1. The monoisotopic (exact) mass is 339 g/mol. The van der Waals surface area contributed by atoms with E-state index in [0.717, 1.165) is 36.6 Å².